The molecule has 3 aromatic rings. The number of rotatable bonds is 4. The number of aromatic nitrogens is 1. The SMILES string of the molecule is Cc1ccc([C@@](O)(Cc2ccncc2)c2ccccc2)cc1. The Morgan fingerprint density at radius 2 is 1.41 bits per heavy atom. The summed E-state index contributed by atoms with van der Waals surface area (Å²) in [5, 5.41) is 11.5. The van der Waals surface area contributed by atoms with E-state index in [1.165, 1.54) is 5.56 Å². The Bertz CT molecular complexity index is 723. The van der Waals surface area contributed by atoms with Gasteiger partial charge in [0, 0.05) is 18.8 Å². The Labute approximate surface area is 131 Å². The highest BCUT2D eigenvalue weighted by Crippen LogP contribution is 2.33. The molecule has 1 aromatic heterocycles. The number of hydrogen-bond acceptors (Lipinski definition) is 2. The molecule has 1 heterocycles. The Morgan fingerprint density at radius 1 is 0.818 bits per heavy atom. The average Bonchev–Trinajstić information content (AvgIpc) is 2.57. The number of pyridine rings is 1. The van der Waals surface area contributed by atoms with Crippen molar-refractivity contribution in [1.82, 2.24) is 4.98 Å². The van der Waals surface area contributed by atoms with Crippen LogP contribution in [0.4, 0.5) is 0 Å². The summed E-state index contributed by atoms with van der Waals surface area (Å²) in [7, 11) is 0. The molecule has 0 spiro atoms. The fourth-order valence-electron chi connectivity index (χ4n) is 2.71. The summed E-state index contributed by atoms with van der Waals surface area (Å²) in [5.41, 5.74) is 3.00. The summed E-state index contributed by atoms with van der Waals surface area (Å²) < 4.78 is 0. The van der Waals surface area contributed by atoms with Crippen LogP contribution >= 0.6 is 0 Å². The Hall–Kier alpha value is -2.45. The van der Waals surface area contributed by atoms with Crippen molar-refractivity contribution in [2.45, 2.75) is 18.9 Å². The predicted octanol–water partition coefficient (Wildman–Crippen LogP) is 3.87. The second-order valence-electron chi connectivity index (χ2n) is 5.62. The quantitative estimate of drug-likeness (QED) is 0.791. The van der Waals surface area contributed by atoms with Gasteiger partial charge in [-0.3, -0.25) is 4.98 Å². The minimum Gasteiger partial charge on any atom is -0.380 e. The monoisotopic (exact) mass is 289 g/mol. The number of aliphatic hydroxyl groups is 1. The molecule has 0 unspecified atom stereocenters. The Morgan fingerprint density at radius 3 is 2.05 bits per heavy atom. The number of aryl methyl sites for hydroxylation is 1. The van der Waals surface area contributed by atoms with Crippen LogP contribution in [-0.2, 0) is 12.0 Å². The average molecular weight is 289 g/mol. The second-order valence-corrected chi connectivity index (χ2v) is 5.62. The molecule has 0 aliphatic carbocycles. The maximum absolute atomic E-state index is 11.5. The van der Waals surface area contributed by atoms with Crippen LogP contribution in [0.25, 0.3) is 0 Å². The van der Waals surface area contributed by atoms with Gasteiger partial charge in [0.15, 0.2) is 0 Å². The van der Waals surface area contributed by atoms with E-state index in [4.69, 9.17) is 0 Å². The highest BCUT2D eigenvalue weighted by Gasteiger charge is 2.31. The van der Waals surface area contributed by atoms with Crippen LogP contribution in [0, 0.1) is 6.92 Å². The van der Waals surface area contributed by atoms with Gasteiger partial charge in [-0.15, -0.1) is 0 Å². The van der Waals surface area contributed by atoms with E-state index in [1.807, 2.05) is 73.7 Å². The smallest absolute Gasteiger partial charge is 0.119 e. The van der Waals surface area contributed by atoms with Gasteiger partial charge < -0.3 is 5.11 Å². The third-order valence-corrected chi connectivity index (χ3v) is 3.99. The third-order valence-electron chi connectivity index (χ3n) is 3.99. The van der Waals surface area contributed by atoms with Gasteiger partial charge in [-0.25, -0.2) is 0 Å². The van der Waals surface area contributed by atoms with Crippen molar-refractivity contribution >= 4 is 0 Å². The standard InChI is InChI=1S/C20H19NO/c1-16-7-9-19(10-8-16)20(22,18-5-3-2-4-6-18)15-17-11-13-21-14-12-17/h2-14,22H,15H2,1H3/t20-/m1/s1. The van der Waals surface area contributed by atoms with Gasteiger partial charge in [-0.1, -0.05) is 60.2 Å². The Balaban J connectivity index is 2.07. The van der Waals surface area contributed by atoms with E-state index in [-0.39, 0.29) is 0 Å². The minimum absolute atomic E-state index is 0.516. The minimum atomic E-state index is -1.05. The molecule has 1 atom stereocenters. The highest BCUT2D eigenvalue weighted by molar-refractivity contribution is 5.39. The molecule has 1 N–H and O–H groups in total. The normalized spacial score (nSPS) is 13.5. The largest absolute Gasteiger partial charge is 0.380 e. The van der Waals surface area contributed by atoms with Gasteiger partial charge in [0.25, 0.3) is 0 Å². The van der Waals surface area contributed by atoms with Crippen molar-refractivity contribution in [3.05, 3.63) is 101 Å². The summed E-state index contributed by atoms with van der Waals surface area (Å²) in [6.07, 6.45) is 4.04. The van der Waals surface area contributed by atoms with Crippen molar-refractivity contribution in [2.24, 2.45) is 0 Å². The zero-order valence-corrected chi connectivity index (χ0v) is 12.6. The molecule has 0 saturated heterocycles. The second kappa shape index (κ2) is 6.12. The van der Waals surface area contributed by atoms with Gasteiger partial charge in [0.2, 0.25) is 0 Å². The van der Waals surface area contributed by atoms with Crippen LogP contribution in [-0.4, -0.2) is 10.1 Å². The molecular formula is C20H19NO. The molecule has 0 amide bonds. The molecular weight excluding hydrogens is 270 g/mol. The fraction of sp³-hybridized carbons (Fsp3) is 0.150. The highest BCUT2D eigenvalue weighted by atomic mass is 16.3. The number of benzene rings is 2. The predicted molar refractivity (Wildman–Crippen MR) is 88.6 cm³/mol. The van der Waals surface area contributed by atoms with Crippen molar-refractivity contribution in [1.29, 1.82) is 0 Å². The molecule has 0 aliphatic heterocycles. The lowest BCUT2D eigenvalue weighted by molar-refractivity contribution is 0.0811. The molecule has 2 nitrogen and oxygen atoms in total. The fourth-order valence-corrected chi connectivity index (χ4v) is 2.71. The molecule has 0 radical (unpaired) electrons. The lowest BCUT2D eigenvalue weighted by Gasteiger charge is -2.30. The topological polar surface area (TPSA) is 33.1 Å². The van der Waals surface area contributed by atoms with Crippen molar-refractivity contribution in [2.75, 3.05) is 0 Å². The zero-order chi connectivity index (χ0) is 15.4. The maximum Gasteiger partial charge on any atom is 0.119 e. The first-order valence-corrected chi connectivity index (χ1v) is 7.42. The number of hydrogen-bond donors (Lipinski definition) is 1. The van der Waals surface area contributed by atoms with Gasteiger partial charge in [0.1, 0.15) is 5.60 Å². The first-order valence-electron chi connectivity index (χ1n) is 7.42. The summed E-state index contributed by atoms with van der Waals surface area (Å²) in [6.45, 7) is 2.05. The molecule has 110 valence electrons. The van der Waals surface area contributed by atoms with Crippen LogP contribution in [0.3, 0.4) is 0 Å². The van der Waals surface area contributed by atoms with E-state index in [1.54, 1.807) is 12.4 Å². The van der Waals surface area contributed by atoms with Crippen LogP contribution in [0.15, 0.2) is 79.1 Å². The first kappa shape index (κ1) is 14.5. The Kier molecular flexibility index (Phi) is 4.03. The van der Waals surface area contributed by atoms with E-state index in [0.717, 1.165) is 16.7 Å². The number of nitrogens with zero attached hydrogens (tertiary/aromatic N) is 1. The van der Waals surface area contributed by atoms with Crippen LogP contribution in [0.2, 0.25) is 0 Å². The summed E-state index contributed by atoms with van der Waals surface area (Å²) in [4.78, 5) is 4.05. The van der Waals surface area contributed by atoms with Crippen molar-refractivity contribution < 1.29 is 5.11 Å². The van der Waals surface area contributed by atoms with Gasteiger partial charge in [0.05, 0.1) is 0 Å². The van der Waals surface area contributed by atoms with Crippen LogP contribution in [0.5, 0.6) is 0 Å². The van der Waals surface area contributed by atoms with Gasteiger partial charge in [-0.2, -0.15) is 0 Å². The van der Waals surface area contributed by atoms with Crippen molar-refractivity contribution in [3.8, 4) is 0 Å². The summed E-state index contributed by atoms with van der Waals surface area (Å²) in [5.74, 6) is 0. The van der Waals surface area contributed by atoms with Crippen LogP contribution in [0.1, 0.15) is 22.3 Å². The van der Waals surface area contributed by atoms with Gasteiger partial charge in [-0.05, 0) is 35.7 Å². The molecule has 2 aromatic carbocycles. The van der Waals surface area contributed by atoms with Gasteiger partial charge >= 0.3 is 0 Å². The maximum atomic E-state index is 11.5. The third kappa shape index (κ3) is 2.92. The van der Waals surface area contributed by atoms with E-state index < -0.39 is 5.60 Å². The molecule has 0 saturated carbocycles. The first-order chi connectivity index (χ1) is 10.7. The van der Waals surface area contributed by atoms with Crippen molar-refractivity contribution in [3.63, 3.8) is 0 Å². The van der Waals surface area contributed by atoms with E-state index in [9.17, 15) is 5.11 Å². The van der Waals surface area contributed by atoms with E-state index >= 15 is 0 Å². The molecule has 2 heteroatoms. The zero-order valence-electron chi connectivity index (χ0n) is 12.6. The van der Waals surface area contributed by atoms with E-state index in [0.29, 0.717) is 6.42 Å². The molecule has 0 bridgehead atoms. The molecule has 0 fully saturated rings. The molecule has 0 aliphatic rings. The van der Waals surface area contributed by atoms with Crippen LogP contribution < -0.4 is 0 Å². The molecule has 3 rings (SSSR count). The lowest BCUT2D eigenvalue weighted by Crippen LogP contribution is -2.30. The van der Waals surface area contributed by atoms with E-state index in [2.05, 4.69) is 4.98 Å². The lowest BCUT2D eigenvalue weighted by atomic mass is 9.81. The molecule has 22 heavy (non-hydrogen) atoms. The summed E-state index contributed by atoms with van der Waals surface area (Å²) >= 11 is 0. The summed E-state index contributed by atoms with van der Waals surface area (Å²) in [6, 6.07) is 21.8.